The number of fused-ring (bicyclic) bond motifs is 1. The molecule has 0 atom stereocenters. The Morgan fingerprint density at radius 3 is 2.73 bits per heavy atom. The summed E-state index contributed by atoms with van der Waals surface area (Å²) in [6.07, 6.45) is 0.669. The van der Waals surface area contributed by atoms with Gasteiger partial charge >= 0.3 is 0 Å². The molecule has 3 rings (SSSR count). The van der Waals surface area contributed by atoms with Gasteiger partial charge in [-0.2, -0.15) is 5.26 Å². The molecule has 154 valence electrons. The molecule has 0 unspecified atom stereocenters. The molecule has 0 fully saturated rings. The van der Waals surface area contributed by atoms with Crippen molar-refractivity contribution < 1.29 is 14.3 Å². The lowest BCUT2D eigenvalue weighted by molar-refractivity contribution is 0.0822. The molecule has 0 radical (unpaired) electrons. The van der Waals surface area contributed by atoms with Crippen LogP contribution in [0.3, 0.4) is 0 Å². The highest BCUT2D eigenvalue weighted by Crippen LogP contribution is 2.20. The van der Waals surface area contributed by atoms with Crippen LogP contribution in [0.5, 0.6) is 0 Å². The van der Waals surface area contributed by atoms with Crippen molar-refractivity contribution in [2.45, 2.75) is 13.0 Å². The van der Waals surface area contributed by atoms with Crippen molar-refractivity contribution in [2.24, 2.45) is 0 Å². The van der Waals surface area contributed by atoms with Gasteiger partial charge in [0.2, 0.25) is 5.95 Å². The third kappa shape index (κ3) is 4.45. The molecule has 1 aromatic carbocycles. The number of nitriles is 1. The number of rotatable bonds is 7. The van der Waals surface area contributed by atoms with E-state index in [-0.39, 0.29) is 11.8 Å². The first-order valence-corrected chi connectivity index (χ1v) is 9.34. The topological polar surface area (TPSA) is 113 Å². The number of ether oxygens (including phenoxy) is 1. The lowest BCUT2D eigenvalue weighted by Crippen LogP contribution is -2.23. The number of carbonyl (C=O) groups excluding carboxylic acids is 2. The summed E-state index contributed by atoms with van der Waals surface area (Å²) in [7, 11) is 4.93. The van der Waals surface area contributed by atoms with Gasteiger partial charge in [-0.05, 0) is 36.8 Å². The Hall–Kier alpha value is -3.77. The molecular formula is C21H22N6O3. The van der Waals surface area contributed by atoms with Gasteiger partial charge in [0.15, 0.2) is 5.65 Å². The number of aryl methyl sites for hydroxylation is 1. The molecule has 30 heavy (non-hydrogen) atoms. The van der Waals surface area contributed by atoms with Gasteiger partial charge in [-0.1, -0.05) is 6.07 Å². The van der Waals surface area contributed by atoms with Crippen LogP contribution in [0.25, 0.3) is 11.2 Å². The van der Waals surface area contributed by atoms with Gasteiger partial charge in [0, 0.05) is 39.9 Å². The lowest BCUT2D eigenvalue weighted by atomic mass is 10.1. The van der Waals surface area contributed by atoms with E-state index in [9.17, 15) is 9.59 Å². The Morgan fingerprint density at radius 1 is 1.23 bits per heavy atom. The Balaban J connectivity index is 1.99. The molecule has 9 heteroatoms. The number of imidazole rings is 1. The zero-order valence-corrected chi connectivity index (χ0v) is 17.0. The second-order valence-corrected chi connectivity index (χ2v) is 6.82. The highest BCUT2D eigenvalue weighted by molar-refractivity contribution is 6.04. The number of benzene rings is 1. The number of nitrogens with zero attached hydrogens (tertiary/aromatic N) is 5. The number of hydrogen-bond donors (Lipinski definition) is 1. The predicted octanol–water partition coefficient (Wildman–Crippen LogP) is 2.29. The number of anilines is 1. The van der Waals surface area contributed by atoms with Crippen LogP contribution in [0.15, 0.2) is 36.4 Å². The first-order valence-electron chi connectivity index (χ1n) is 9.34. The minimum atomic E-state index is -0.389. The Labute approximate surface area is 173 Å². The highest BCUT2D eigenvalue weighted by atomic mass is 16.5. The average Bonchev–Trinajstić information content (AvgIpc) is 3.09. The Bertz CT molecular complexity index is 1130. The van der Waals surface area contributed by atoms with Crippen LogP contribution in [-0.4, -0.2) is 59.1 Å². The van der Waals surface area contributed by atoms with Gasteiger partial charge in [0.25, 0.3) is 11.8 Å². The summed E-state index contributed by atoms with van der Waals surface area (Å²) in [5, 5.41) is 11.8. The maximum Gasteiger partial charge on any atom is 0.272 e. The number of carbonyl (C=O) groups is 2. The Kier molecular flexibility index (Phi) is 6.39. The molecule has 0 aliphatic rings. The maximum absolute atomic E-state index is 12.7. The number of methoxy groups -OCH3 is 1. The smallest absolute Gasteiger partial charge is 0.272 e. The molecule has 0 aliphatic carbocycles. The number of hydrogen-bond acceptors (Lipinski definition) is 6. The largest absolute Gasteiger partial charge is 0.385 e. The van der Waals surface area contributed by atoms with Gasteiger partial charge in [0.1, 0.15) is 11.2 Å². The van der Waals surface area contributed by atoms with Crippen molar-refractivity contribution in [3.63, 3.8) is 0 Å². The maximum atomic E-state index is 12.7. The molecule has 0 saturated carbocycles. The molecule has 1 N–H and O–H groups in total. The quantitative estimate of drug-likeness (QED) is 0.602. The number of nitrogens with one attached hydrogen (secondary N) is 1. The van der Waals surface area contributed by atoms with E-state index >= 15 is 0 Å². The fourth-order valence-corrected chi connectivity index (χ4v) is 2.93. The normalized spacial score (nSPS) is 10.6. The number of amides is 2. The Morgan fingerprint density at radius 2 is 2.03 bits per heavy atom. The van der Waals surface area contributed by atoms with E-state index in [4.69, 9.17) is 10.00 Å². The van der Waals surface area contributed by atoms with Crippen LogP contribution in [0.1, 0.15) is 32.8 Å². The summed E-state index contributed by atoms with van der Waals surface area (Å²) in [5.41, 5.74) is 2.09. The monoisotopic (exact) mass is 406 g/mol. The molecule has 3 aromatic rings. The summed E-state index contributed by atoms with van der Waals surface area (Å²) in [6, 6.07) is 11.8. The van der Waals surface area contributed by atoms with Crippen LogP contribution in [0.4, 0.5) is 5.95 Å². The summed E-state index contributed by atoms with van der Waals surface area (Å²) in [4.78, 5) is 35.4. The third-order valence-electron chi connectivity index (χ3n) is 4.43. The molecule has 2 heterocycles. The van der Waals surface area contributed by atoms with E-state index < -0.39 is 0 Å². The van der Waals surface area contributed by atoms with Crippen LogP contribution >= 0.6 is 0 Å². The molecular weight excluding hydrogens is 384 g/mol. The van der Waals surface area contributed by atoms with Crippen molar-refractivity contribution in [3.05, 3.63) is 53.2 Å². The molecule has 0 bridgehead atoms. The van der Waals surface area contributed by atoms with Crippen molar-refractivity contribution in [2.75, 3.05) is 33.1 Å². The van der Waals surface area contributed by atoms with E-state index in [1.165, 1.54) is 11.0 Å². The van der Waals surface area contributed by atoms with Crippen LogP contribution in [-0.2, 0) is 11.3 Å². The SMILES string of the molecule is COCCCn1c(NC(=O)c2cccc(C#N)c2)nc2ccc(C(=O)N(C)C)nc21. The fourth-order valence-electron chi connectivity index (χ4n) is 2.93. The lowest BCUT2D eigenvalue weighted by Gasteiger charge is -2.11. The second-order valence-electron chi connectivity index (χ2n) is 6.82. The van der Waals surface area contributed by atoms with Crippen molar-refractivity contribution in [1.29, 1.82) is 5.26 Å². The van der Waals surface area contributed by atoms with Crippen LogP contribution in [0.2, 0.25) is 0 Å². The summed E-state index contributed by atoms with van der Waals surface area (Å²) < 4.78 is 6.89. The first kappa shape index (κ1) is 21.0. The van der Waals surface area contributed by atoms with E-state index in [0.717, 1.165) is 0 Å². The van der Waals surface area contributed by atoms with Gasteiger partial charge in [-0.25, -0.2) is 9.97 Å². The molecule has 0 saturated heterocycles. The van der Waals surface area contributed by atoms with Crippen molar-refractivity contribution in [1.82, 2.24) is 19.4 Å². The standard InChI is InChI=1S/C21H22N6O3/c1-26(2)20(29)17-9-8-16-18(23-17)27(10-5-11-30-3)21(24-16)25-19(28)15-7-4-6-14(12-15)13-22/h4,6-9,12H,5,10-11H2,1-3H3,(H,24,25,28). The van der Waals surface area contributed by atoms with Crippen molar-refractivity contribution in [3.8, 4) is 6.07 Å². The molecule has 2 amide bonds. The molecule has 2 aromatic heterocycles. The molecule has 0 spiro atoms. The minimum Gasteiger partial charge on any atom is -0.385 e. The van der Waals surface area contributed by atoms with Crippen molar-refractivity contribution >= 4 is 28.9 Å². The van der Waals surface area contributed by atoms with Gasteiger partial charge in [-0.3, -0.25) is 19.5 Å². The molecule has 0 aliphatic heterocycles. The summed E-state index contributed by atoms with van der Waals surface area (Å²) >= 11 is 0. The zero-order chi connectivity index (χ0) is 21.7. The minimum absolute atomic E-state index is 0.222. The third-order valence-corrected chi connectivity index (χ3v) is 4.43. The second kappa shape index (κ2) is 9.15. The van der Waals surface area contributed by atoms with E-state index in [0.29, 0.717) is 53.5 Å². The zero-order valence-electron chi connectivity index (χ0n) is 17.0. The highest BCUT2D eigenvalue weighted by Gasteiger charge is 2.18. The van der Waals surface area contributed by atoms with E-state index in [1.807, 2.05) is 6.07 Å². The van der Waals surface area contributed by atoms with Gasteiger partial charge in [-0.15, -0.1) is 0 Å². The van der Waals surface area contributed by atoms with Crippen LogP contribution in [0, 0.1) is 11.3 Å². The van der Waals surface area contributed by atoms with Gasteiger partial charge in [0.05, 0.1) is 11.6 Å². The number of aromatic nitrogens is 3. The first-order chi connectivity index (χ1) is 14.4. The summed E-state index contributed by atoms with van der Waals surface area (Å²) in [6.45, 7) is 1.01. The van der Waals surface area contributed by atoms with E-state index in [1.54, 1.807) is 56.1 Å². The van der Waals surface area contributed by atoms with Gasteiger partial charge < -0.3 is 9.64 Å². The summed E-state index contributed by atoms with van der Waals surface area (Å²) in [5.74, 6) is -0.296. The molecule has 9 nitrogen and oxygen atoms in total. The van der Waals surface area contributed by atoms with E-state index in [2.05, 4.69) is 15.3 Å². The fraction of sp³-hybridized carbons (Fsp3) is 0.286. The van der Waals surface area contributed by atoms with Crippen LogP contribution < -0.4 is 5.32 Å². The average molecular weight is 406 g/mol. The predicted molar refractivity (Wildman–Crippen MR) is 111 cm³/mol. The number of pyridine rings is 1.